The summed E-state index contributed by atoms with van der Waals surface area (Å²) < 4.78 is 32.9. The van der Waals surface area contributed by atoms with Gasteiger partial charge < -0.3 is 28.4 Å². The van der Waals surface area contributed by atoms with Crippen molar-refractivity contribution < 1.29 is 33.2 Å². The third-order valence-corrected chi connectivity index (χ3v) is 5.53. The number of rotatable bonds is 8. The van der Waals surface area contributed by atoms with Crippen molar-refractivity contribution >= 4 is 5.97 Å². The molecule has 2 aliphatic heterocycles. The Morgan fingerprint density at radius 2 is 1.41 bits per heavy atom. The second kappa shape index (κ2) is 8.11. The van der Waals surface area contributed by atoms with Gasteiger partial charge in [-0.1, -0.05) is 13.8 Å². The van der Waals surface area contributed by atoms with Gasteiger partial charge in [0, 0.05) is 12.1 Å². The first-order chi connectivity index (χ1) is 14.1. The molecule has 0 saturated heterocycles. The average molecular weight is 400 g/mol. The maximum Gasteiger partial charge on any atom is 0.317 e. The standard InChI is InChI=1S/C22H24O7/c1-3-22(4-2,9-10-24-15-5-7-17-19(11-15)27-13-25-17)21(23)29-16-6-8-18-20(12-16)28-14-26-18/h5-8,11-12H,3-4,9-10,13-14H2,1-2H3. The van der Waals surface area contributed by atoms with Crippen LogP contribution in [0.1, 0.15) is 33.1 Å². The maximum atomic E-state index is 13.0. The van der Waals surface area contributed by atoms with E-state index in [0.717, 1.165) is 0 Å². The van der Waals surface area contributed by atoms with Crippen molar-refractivity contribution in [3.8, 4) is 34.5 Å². The molecule has 0 aliphatic carbocycles. The van der Waals surface area contributed by atoms with Crippen LogP contribution < -0.4 is 28.4 Å². The number of carbonyl (C=O) groups excluding carboxylic acids is 1. The lowest BCUT2D eigenvalue weighted by Crippen LogP contribution is -2.35. The van der Waals surface area contributed by atoms with Gasteiger partial charge in [0.25, 0.3) is 0 Å². The fourth-order valence-electron chi connectivity index (χ4n) is 3.48. The van der Waals surface area contributed by atoms with Gasteiger partial charge in [0.15, 0.2) is 23.0 Å². The average Bonchev–Trinajstić information content (AvgIpc) is 3.39. The van der Waals surface area contributed by atoms with Crippen LogP contribution in [-0.2, 0) is 4.79 Å². The number of carbonyl (C=O) groups is 1. The zero-order valence-corrected chi connectivity index (χ0v) is 16.6. The Morgan fingerprint density at radius 1 is 0.862 bits per heavy atom. The Kier molecular flexibility index (Phi) is 5.38. The highest BCUT2D eigenvalue weighted by Gasteiger charge is 2.37. The highest BCUT2D eigenvalue weighted by molar-refractivity contribution is 5.79. The molecule has 0 unspecified atom stereocenters. The third-order valence-electron chi connectivity index (χ3n) is 5.53. The summed E-state index contributed by atoms with van der Waals surface area (Å²) in [6.45, 7) is 4.77. The van der Waals surface area contributed by atoms with E-state index in [1.165, 1.54) is 0 Å². The number of ether oxygens (including phenoxy) is 6. The minimum absolute atomic E-state index is 0.178. The molecule has 2 aromatic carbocycles. The molecule has 4 rings (SSSR count). The monoisotopic (exact) mass is 400 g/mol. The van der Waals surface area contributed by atoms with Crippen molar-refractivity contribution in [2.24, 2.45) is 5.41 Å². The van der Waals surface area contributed by atoms with E-state index in [2.05, 4.69) is 0 Å². The molecule has 7 nitrogen and oxygen atoms in total. The topological polar surface area (TPSA) is 72.5 Å². The molecule has 2 aliphatic rings. The van der Waals surface area contributed by atoms with Gasteiger partial charge in [-0.2, -0.15) is 0 Å². The second-order valence-electron chi connectivity index (χ2n) is 7.01. The number of hydrogen-bond acceptors (Lipinski definition) is 7. The molecule has 29 heavy (non-hydrogen) atoms. The van der Waals surface area contributed by atoms with Gasteiger partial charge in [-0.05, 0) is 43.5 Å². The van der Waals surface area contributed by atoms with Crippen molar-refractivity contribution in [2.75, 3.05) is 20.2 Å². The number of benzene rings is 2. The Balaban J connectivity index is 1.39. The lowest BCUT2D eigenvalue weighted by Gasteiger charge is -2.29. The lowest BCUT2D eigenvalue weighted by atomic mass is 9.79. The second-order valence-corrected chi connectivity index (χ2v) is 7.01. The van der Waals surface area contributed by atoms with Crippen molar-refractivity contribution in [1.82, 2.24) is 0 Å². The minimum Gasteiger partial charge on any atom is -0.493 e. The van der Waals surface area contributed by atoms with E-state index in [9.17, 15) is 4.79 Å². The summed E-state index contributed by atoms with van der Waals surface area (Å²) in [6.07, 6.45) is 1.84. The minimum atomic E-state index is -0.632. The van der Waals surface area contributed by atoms with Crippen molar-refractivity contribution in [3.05, 3.63) is 36.4 Å². The molecular weight excluding hydrogens is 376 g/mol. The molecule has 7 heteroatoms. The van der Waals surface area contributed by atoms with E-state index in [-0.39, 0.29) is 19.6 Å². The van der Waals surface area contributed by atoms with Crippen LogP contribution in [0, 0.1) is 5.41 Å². The number of fused-ring (bicyclic) bond motifs is 2. The zero-order valence-electron chi connectivity index (χ0n) is 16.6. The van der Waals surface area contributed by atoms with E-state index < -0.39 is 5.41 Å². The molecule has 0 fully saturated rings. The van der Waals surface area contributed by atoms with Gasteiger partial charge in [0.2, 0.25) is 13.6 Å². The molecule has 0 atom stereocenters. The summed E-state index contributed by atoms with van der Waals surface area (Å²) in [5.74, 6) is 3.47. The third kappa shape index (κ3) is 3.90. The van der Waals surface area contributed by atoms with Gasteiger partial charge in [-0.15, -0.1) is 0 Å². The van der Waals surface area contributed by atoms with E-state index >= 15 is 0 Å². The summed E-state index contributed by atoms with van der Waals surface area (Å²) in [5, 5.41) is 0. The van der Waals surface area contributed by atoms with Crippen LogP contribution >= 0.6 is 0 Å². The van der Waals surface area contributed by atoms with Crippen LogP contribution in [0.4, 0.5) is 0 Å². The molecule has 0 spiro atoms. The number of esters is 1. The quantitative estimate of drug-likeness (QED) is 0.482. The van der Waals surface area contributed by atoms with E-state index in [4.69, 9.17) is 28.4 Å². The summed E-state index contributed by atoms with van der Waals surface area (Å²) in [6, 6.07) is 10.6. The first-order valence-corrected chi connectivity index (χ1v) is 9.78. The molecule has 0 aromatic heterocycles. The van der Waals surface area contributed by atoms with Crippen molar-refractivity contribution in [3.63, 3.8) is 0 Å². The van der Waals surface area contributed by atoms with Crippen molar-refractivity contribution in [2.45, 2.75) is 33.1 Å². The van der Waals surface area contributed by atoms with Gasteiger partial charge in [-0.25, -0.2) is 0 Å². The van der Waals surface area contributed by atoms with E-state index in [0.29, 0.717) is 60.4 Å². The summed E-state index contributed by atoms with van der Waals surface area (Å²) >= 11 is 0. The molecule has 2 heterocycles. The maximum absolute atomic E-state index is 13.0. The highest BCUT2D eigenvalue weighted by atomic mass is 16.7. The largest absolute Gasteiger partial charge is 0.493 e. The summed E-state index contributed by atoms with van der Waals surface area (Å²) in [5.41, 5.74) is -0.632. The molecule has 2 aromatic rings. The summed E-state index contributed by atoms with van der Waals surface area (Å²) in [4.78, 5) is 13.0. The van der Waals surface area contributed by atoms with Crippen LogP contribution in [0.5, 0.6) is 34.5 Å². The Labute approximate surface area is 169 Å². The zero-order chi connectivity index (χ0) is 20.3. The Bertz CT molecular complexity index is 889. The van der Waals surface area contributed by atoms with Crippen LogP contribution in [0.2, 0.25) is 0 Å². The van der Waals surface area contributed by atoms with Crippen LogP contribution in [-0.4, -0.2) is 26.2 Å². The normalized spacial score (nSPS) is 14.0. The van der Waals surface area contributed by atoms with Gasteiger partial charge in [-0.3, -0.25) is 4.79 Å². The van der Waals surface area contributed by atoms with Gasteiger partial charge in [0.05, 0.1) is 12.0 Å². The predicted molar refractivity (Wildman–Crippen MR) is 104 cm³/mol. The van der Waals surface area contributed by atoms with Crippen molar-refractivity contribution in [1.29, 1.82) is 0 Å². The molecule has 154 valence electrons. The number of hydrogen-bond donors (Lipinski definition) is 0. The van der Waals surface area contributed by atoms with E-state index in [1.807, 2.05) is 26.0 Å². The summed E-state index contributed by atoms with van der Waals surface area (Å²) in [7, 11) is 0. The fraction of sp³-hybridized carbons (Fsp3) is 0.409. The van der Waals surface area contributed by atoms with Gasteiger partial charge in [0.1, 0.15) is 11.5 Å². The molecular formula is C22H24O7. The Morgan fingerprint density at radius 3 is 2.03 bits per heavy atom. The fourth-order valence-corrected chi connectivity index (χ4v) is 3.48. The Hall–Kier alpha value is -3.09. The van der Waals surface area contributed by atoms with Crippen LogP contribution in [0.25, 0.3) is 0 Å². The predicted octanol–water partition coefficient (Wildman–Crippen LogP) is 4.32. The van der Waals surface area contributed by atoms with Crippen LogP contribution in [0.15, 0.2) is 36.4 Å². The van der Waals surface area contributed by atoms with Crippen LogP contribution in [0.3, 0.4) is 0 Å². The first-order valence-electron chi connectivity index (χ1n) is 9.78. The SMILES string of the molecule is CCC(CC)(CCOc1ccc2c(c1)OCO2)C(=O)Oc1ccc2c(c1)OCO2. The molecule has 0 radical (unpaired) electrons. The molecule has 0 N–H and O–H groups in total. The highest BCUT2D eigenvalue weighted by Crippen LogP contribution is 2.38. The lowest BCUT2D eigenvalue weighted by molar-refractivity contribution is -0.147. The first kappa shape index (κ1) is 19.2. The molecule has 0 bridgehead atoms. The smallest absolute Gasteiger partial charge is 0.317 e. The molecule has 0 amide bonds. The molecule has 0 saturated carbocycles. The van der Waals surface area contributed by atoms with Gasteiger partial charge >= 0.3 is 5.97 Å². The van der Waals surface area contributed by atoms with E-state index in [1.54, 1.807) is 24.3 Å².